The highest BCUT2D eigenvalue weighted by Gasteiger charge is 2.18. The molecule has 9 heteroatoms. The quantitative estimate of drug-likeness (QED) is 0.414. The summed E-state index contributed by atoms with van der Waals surface area (Å²) in [5.41, 5.74) is -0.295. The lowest BCUT2D eigenvalue weighted by Crippen LogP contribution is -2.18. The highest BCUT2D eigenvalue weighted by atomic mass is 16.6. The van der Waals surface area contributed by atoms with Gasteiger partial charge in [0.15, 0.2) is 0 Å². The Morgan fingerprint density at radius 3 is 2.80 bits per heavy atom. The number of anilines is 2. The molecule has 0 aliphatic rings. The summed E-state index contributed by atoms with van der Waals surface area (Å²) in [5, 5.41) is 16.4. The fraction of sp³-hybridized carbons (Fsp3) is 0.545. The van der Waals surface area contributed by atoms with Gasteiger partial charge >= 0.3 is 11.7 Å². The van der Waals surface area contributed by atoms with E-state index in [1.54, 1.807) is 6.92 Å². The molecule has 1 aromatic heterocycles. The first-order valence-electron chi connectivity index (χ1n) is 6.23. The summed E-state index contributed by atoms with van der Waals surface area (Å²) < 4.78 is 4.73. The SMILES string of the molecule is CCCNc1ncc([N+](=O)[O-])c(NCC(=O)OCC)n1. The van der Waals surface area contributed by atoms with Crippen molar-refractivity contribution >= 4 is 23.4 Å². The van der Waals surface area contributed by atoms with Crippen LogP contribution in [0.1, 0.15) is 20.3 Å². The molecule has 0 amide bonds. The van der Waals surface area contributed by atoms with Gasteiger partial charge in [0.1, 0.15) is 12.7 Å². The molecule has 0 aromatic carbocycles. The topological polar surface area (TPSA) is 119 Å². The highest BCUT2D eigenvalue weighted by molar-refractivity contribution is 5.75. The zero-order valence-electron chi connectivity index (χ0n) is 11.4. The number of ether oxygens (including phenoxy) is 1. The molecule has 2 N–H and O–H groups in total. The van der Waals surface area contributed by atoms with Gasteiger partial charge in [-0.1, -0.05) is 6.92 Å². The molecule has 0 fully saturated rings. The first-order chi connectivity index (χ1) is 9.58. The predicted molar refractivity (Wildman–Crippen MR) is 72.6 cm³/mol. The Balaban J connectivity index is 2.82. The normalized spacial score (nSPS) is 9.90. The second-order valence-electron chi connectivity index (χ2n) is 3.77. The van der Waals surface area contributed by atoms with E-state index in [0.717, 1.165) is 12.6 Å². The van der Waals surface area contributed by atoms with Crippen molar-refractivity contribution in [2.24, 2.45) is 0 Å². The number of aromatic nitrogens is 2. The summed E-state index contributed by atoms with van der Waals surface area (Å²) in [5.74, 6) is -0.260. The van der Waals surface area contributed by atoms with Crippen molar-refractivity contribution < 1.29 is 14.5 Å². The number of carbonyl (C=O) groups is 1. The van der Waals surface area contributed by atoms with Crippen LogP contribution in [0.2, 0.25) is 0 Å². The van der Waals surface area contributed by atoms with E-state index in [-0.39, 0.29) is 30.6 Å². The number of rotatable bonds is 8. The molecule has 1 aromatic rings. The van der Waals surface area contributed by atoms with Crippen LogP contribution in [0.15, 0.2) is 6.20 Å². The van der Waals surface area contributed by atoms with Gasteiger partial charge in [0.25, 0.3) is 0 Å². The van der Waals surface area contributed by atoms with Crippen LogP contribution in [0.5, 0.6) is 0 Å². The molecule has 0 unspecified atom stereocenters. The van der Waals surface area contributed by atoms with Gasteiger partial charge in [-0.05, 0) is 13.3 Å². The average Bonchev–Trinajstić information content (AvgIpc) is 2.43. The Hall–Kier alpha value is -2.45. The molecular formula is C11H17N5O4. The number of carbonyl (C=O) groups excluding carboxylic acids is 1. The molecule has 0 atom stereocenters. The maximum absolute atomic E-state index is 11.2. The molecular weight excluding hydrogens is 266 g/mol. The van der Waals surface area contributed by atoms with Crippen molar-refractivity contribution in [3.63, 3.8) is 0 Å². The van der Waals surface area contributed by atoms with E-state index < -0.39 is 10.9 Å². The number of nitrogens with zero attached hydrogens (tertiary/aromatic N) is 3. The number of hydrogen-bond acceptors (Lipinski definition) is 8. The highest BCUT2D eigenvalue weighted by Crippen LogP contribution is 2.21. The molecule has 9 nitrogen and oxygen atoms in total. The Labute approximate surface area is 115 Å². The van der Waals surface area contributed by atoms with E-state index in [0.29, 0.717) is 6.54 Å². The predicted octanol–water partition coefficient (Wildman–Crippen LogP) is 1.18. The minimum absolute atomic E-state index is 0.0170. The van der Waals surface area contributed by atoms with Crippen LogP contribution >= 0.6 is 0 Å². The van der Waals surface area contributed by atoms with Crippen LogP contribution in [0.4, 0.5) is 17.5 Å². The van der Waals surface area contributed by atoms with Crippen LogP contribution < -0.4 is 10.6 Å². The van der Waals surface area contributed by atoms with E-state index in [9.17, 15) is 14.9 Å². The van der Waals surface area contributed by atoms with Crippen molar-refractivity contribution in [2.75, 3.05) is 30.3 Å². The van der Waals surface area contributed by atoms with Gasteiger partial charge < -0.3 is 15.4 Å². The Morgan fingerprint density at radius 2 is 2.20 bits per heavy atom. The van der Waals surface area contributed by atoms with Crippen LogP contribution in [-0.2, 0) is 9.53 Å². The fourth-order valence-corrected chi connectivity index (χ4v) is 1.33. The van der Waals surface area contributed by atoms with E-state index in [4.69, 9.17) is 4.74 Å². The first kappa shape index (κ1) is 15.6. The Bertz CT molecular complexity index is 480. The summed E-state index contributed by atoms with van der Waals surface area (Å²) in [6.45, 7) is 4.35. The molecule has 20 heavy (non-hydrogen) atoms. The van der Waals surface area contributed by atoms with Gasteiger partial charge in [0.05, 0.1) is 11.5 Å². The van der Waals surface area contributed by atoms with Crippen LogP contribution in [0.3, 0.4) is 0 Å². The monoisotopic (exact) mass is 283 g/mol. The minimum Gasteiger partial charge on any atom is -0.465 e. The smallest absolute Gasteiger partial charge is 0.329 e. The van der Waals surface area contributed by atoms with Crippen molar-refractivity contribution in [2.45, 2.75) is 20.3 Å². The second kappa shape index (κ2) is 7.87. The van der Waals surface area contributed by atoms with E-state index >= 15 is 0 Å². The third-order valence-electron chi connectivity index (χ3n) is 2.20. The average molecular weight is 283 g/mol. The lowest BCUT2D eigenvalue weighted by Gasteiger charge is -2.08. The van der Waals surface area contributed by atoms with Crippen molar-refractivity contribution in [1.29, 1.82) is 0 Å². The van der Waals surface area contributed by atoms with Crippen molar-refractivity contribution in [3.05, 3.63) is 16.3 Å². The Kier molecular flexibility index (Phi) is 6.14. The minimum atomic E-state index is -0.614. The van der Waals surface area contributed by atoms with Crippen molar-refractivity contribution in [1.82, 2.24) is 9.97 Å². The molecule has 0 spiro atoms. The molecule has 0 aliphatic carbocycles. The molecule has 0 radical (unpaired) electrons. The summed E-state index contributed by atoms with van der Waals surface area (Å²) >= 11 is 0. The van der Waals surface area contributed by atoms with Gasteiger partial charge in [-0.25, -0.2) is 4.98 Å². The van der Waals surface area contributed by atoms with Gasteiger partial charge in [-0.2, -0.15) is 4.98 Å². The standard InChI is InChI=1S/C11H17N5O4/c1-3-5-12-11-14-6-8(16(18)19)10(15-11)13-7-9(17)20-4-2/h6H,3-5,7H2,1-2H3,(H2,12,13,14,15). The van der Waals surface area contributed by atoms with Crippen molar-refractivity contribution in [3.8, 4) is 0 Å². The number of nitrogens with one attached hydrogen (secondary N) is 2. The third-order valence-corrected chi connectivity index (χ3v) is 2.20. The lowest BCUT2D eigenvalue weighted by atomic mass is 10.4. The number of hydrogen-bond donors (Lipinski definition) is 2. The summed E-state index contributed by atoms with van der Waals surface area (Å²) in [7, 11) is 0. The van der Waals surface area contributed by atoms with Gasteiger partial charge in [-0.3, -0.25) is 14.9 Å². The molecule has 0 saturated carbocycles. The van der Waals surface area contributed by atoms with Gasteiger partial charge in [0.2, 0.25) is 11.8 Å². The van der Waals surface area contributed by atoms with Gasteiger partial charge in [-0.15, -0.1) is 0 Å². The molecule has 110 valence electrons. The zero-order valence-corrected chi connectivity index (χ0v) is 11.4. The van der Waals surface area contributed by atoms with Crippen LogP contribution in [0.25, 0.3) is 0 Å². The summed E-state index contributed by atoms with van der Waals surface area (Å²) in [6.07, 6.45) is 1.96. The van der Waals surface area contributed by atoms with E-state index in [1.165, 1.54) is 0 Å². The largest absolute Gasteiger partial charge is 0.465 e. The van der Waals surface area contributed by atoms with E-state index in [2.05, 4.69) is 20.6 Å². The second-order valence-corrected chi connectivity index (χ2v) is 3.77. The molecule has 0 aliphatic heterocycles. The first-order valence-corrected chi connectivity index (χ1v) is 6.23. The summed E-state index contributed by atoms with van der Waals surface area (Å²) in [6, 6.07) is 0. The zero-order chi connectivity index (χ0) is 15.0. The maximum Gasteiger partial charge on any atom is 0.329 e. The molecule has 0 bridgehead atoms. The Morgan fingerprint density at radius 1 is 1.45 bits per heavy atom. The third kappa shape index (κ3) is 4.67. The van der Waals surface area contributed by atoms with Gasteiger partial charge in [0, 0.05) is 6.54 Å². The lowest BCUT2D eigenvalue weighted by molar-refractivity contribution is -0.384. The van der Waals surface area contributed by atoms with Crippen LogP contribution in [-0.4, -0.2) is 40.6 Å². The maximum atomic E-state index is 11.2. The number of nitro groups is 1. The van der Waals surface area contributed by atoms with Crippen LogP contribution in [0, 0.1) is 10.1 Å². The number of esters is 1. The molecule has 0 saturated heterocycles. The molecule has 1 rings (SSSR count). The van der Waals surface area contributed by atoms with E-state index in [1.807, 2.05) is 6.92 Å². The molecule has 1 heterocycles. The summed E-state index contributed by atoms with van der Waals surface area (Å²) in [4.78, 5) is 29.3. The fourth-order valence-electron chi connectivity index (χ4n) is 1.33.